The Bertz CT molecular complexity index is 159. The zero-order valence-corrected chi connectivity index (χ0v) is 7.80. The van der Waals surface area contributed by atoms with Gasteiger partial charge >= 0.3 is 5.97 Å². The summed E-state index contributed by atoms with van der Waals surface area (Å²) >= 11 is 0. The average Bonchev–Trinajstić information content (AvgIpc) is 2.52. The highest BCUT2D eigenvalue weighted by Gasteiger charge is 2.28. The molecule has 1 saturated heterocycles. The Labute approximate surface area is 73.5 Å². The number of hydrogen-bond acceptors (Lipinski definition) is 3. The first kappa shape index (κ1) is 9.52. The lowest BCUT2D eigenvalue weighted by Crippen LogP contribution is -2.32. The molecule has 70 valence electrons. The molecule has 1 N–H and O–H groups in total. The standard InChI is InChI=1S/C9H17NO2/c1-3-7-5-8(10-6-7)9(11)12-4-2/h7-8,10H,3-6H2,1-2H3/t7-,8-/m1/s1. The molecule has 0 spiro atoms. The fraction of sp³-hybridized carbons (Fsp3) is 0.889. The van der Waals surface area contributed by atoms with Gasteiger partial charge in [0.15, 0.2) is 0 Å². The first-order valence-electron chi connectivity index (χ1n) is 4.68. The van der Waals surface area contributed by atoms with Gasteiger partial charge in [-0.25, -0.2) is 0 Å². The molecular formula is C9H17NO2. The Morgan fingerprint density at radius 1 is 1.58 bits per heavy atom. The summed E-state index contributed by atoms with van der Waals surface area (Å²) in [6.07, 6.45) is 2.08. The lowest BCUT2D eigenvalue weighted by atomic mass is 10.0. The largest absolute Gasteiger partial charge is 0.465 e. The highest BCUT2D eigenvalue weighted by atomic mass is 16.5. The summed E-state index contributed by atoms with van der Waals surface area (Å²) in [7, 11) is 0. The number of ether oxygens (including phenoxy) is 1. The van der Waals surface area contributed by atoms with E-state index in [1.807, 2.05) is 6.92 Å². The van der Waals surface area contributed by atoms with E-state index >= 15 is 0 Å². The molecule has 12 heavy (non-hydrogen) atoms. The zero-order valence-electron chi connectivity index (χ0n) is 7.80. The normalized spacial score (nSPS) is 28.8. The summed E-state index contributed by atoms with van der Waals surface area (Å²) in [5.74, 6) is 0.563. The molecule has 0 aromatic rings. The van der Waals surface area contributed by atoms with Crippen LogP contribution in [0.15, 0.2) is 0 Å². The molecule has 1 fully saturated rings. The molecule has 3 nitrogen and oxygen atoms in total. The van der Waals surface area contributed by atoms with Crippen LogP contribution in [0.25, 0.3) is 0 Å². The minimum Gasteiger partial charge on any atom is -0.465 e. The van der Waals surface area contributed by atoms with Crippen molar-refractivity contribution in [1.29, 1.82) is 0 Å². The fourth-order valence-corrected chi connectivity index (χ4v) is 1.54. The summed E-state index contributed by atoms with van der Waals surface area (Å²) in [6.45, 7) is 5.43. The smallest absolute Gasteiger partial charge is 0.323 e. The van der Waals surface area contributed by atoms with E-state index in [1.165, 1.54) is 0 Å². The summed E-state index contributed by atoms with van der Waals surface area (Å²) in [5.41, 5.74) is 0. The number of carbonyl (C=O) groups excluding carboxylic acids is 1. The minimum atomic E-state index is -0.0894. The maximum Gasteiger partial charge on any atom is 0.323 e. The lowest BCUT2D eigenvalue weighted by Gasteiger charge is -2.08. The number of carbonyl (C=O) groups is 1. The number of esters is 1. The van der Waals surface area contributed by atoms with E-state index in [9.17, 15) is 4.79 Å². The second-order valence-corrected chi connectivity index (χ2v) is 3.22. The molecule has 3 heteroatoms. The van der Waals surface area contributed by atoms with E-state index in [2.05, 4.69) is 12.2 Å². The molecule has 0 aliphatic carbocycles. The summed E-state index contributed by atoms with van der Waals surface area (Å²) in [4.78, 5) is 11.2. The third kappa shape index (κ3) is 2.21. The lowest BCUT2D eigenvalue weighted by molar-refractivity contribution is -0.145. The van der Waals surface area contributed by atoms with Crippen molar-refractivity contribution in [3.63, 3.8) is 0 Å². The topological polar surface area (TPSA) is 38.3 Å². The van der Waals surface area contributed by atoms with Gasteiger partial charge in [0.2, 0.25) is 0 Å². The van der Waals surface area contributed by atoms with Crippen molar-refractivity contribution in [3.05, 3.63) is 0 Å². The maximum absolute atomic E-state index is 11.2. The minimum absolute atomic E-state index is 0.0464. The SMILES string of the molecule is CCOC(=O)[C@H]1C[C@@H](CC)CN1. The Balaban J connectivity index is 2.31. The van der Waals surface area contributed by atoms with Crippen molar-refractivity contribution >= 4 is 5.97 Å². The average molecular weight is 171 g/mol. The third-order valence-electron chi connectivity index (χ3n) is 2.37. The van der Waals surface area contributed by atoms with Gasteiger partial charge in [0.25, 0.3) is 0 Å². The van der Waals surface area contributed by atoms with Gasteiger partial charge in [-0.15, -0.1) is 0 Å². The molecule has 0 unspecified atom stereocenters. The van der Waals surface area contributed by atoms with Gasteiger partial charge in [0.05, 0.1) is 6.61 Å². The first-order chi connectivity index (χ1) is 5.77. The molecule has 0 aromatic heterocycles. The van der Waals surface area contributed by atoms with E-state index in [1.54, 1.807) is 0 Å². The van der Waals surface area contributed by atoms with Crippen LogP contribution in [0.2, 0.25) is 0 Å². The molecule has 2 atom stereocenters. The first-order valence-corrected chi connectivity index (χ1v) is 4.68. The quantitative estimate of drug-likeness (QED) is 0.642. The third-order valence-corrected chi connectivity index (χ3v) is 2.37. The highest BCUT2D eigenvalue weighted by Crippen LogP contribution is 2.17. The fourth-order valence-electron chi connectivity index (χ4n) is 1.54. The van der Waals surface area contributed by atoms with Gasteiger partial charge < -0.3 is 10.1 Å². The molecule has 1 rings (SSSR count). The molecule has 0 radical (unpaired) electrons. The number of hydrogen-bond donors (Lipinski definition) is 1. The highest BCUT2D eigenvalue weighted by molar-refractivity contribution is 5.76. The predicted molar refractivity (Wildman–Crippen MR) is 46.8 cm³/mol. The van der Waals surface area contributed by atoms with E-state index in [0.29, 0.717) is 12.5 Å². The Morgan fingerprint density at radius 2 is 2.33 bits per heavy atom. The molecule has 0 aromatic carbocycles. The van der Waals surface area contributed by atoms with Gasteiger partial charge in [0.1, 0.15) is 6.04 Å². The van der Waals surface area contributed by atoms with Crippen LogP contribution < -0.4 is 5.32 Å². The van der Waals surface area contributed by atoms with Crippen LogP contribution >= 0.6 is 0 Å². The Morgan fingerprint density at radius 3 is 2.83 bits per heavy atom. The van der Waals surface area contributed by atoms with Crippen molar-refractivity contribution < 1.29 is 9.53 Å². The van der Waals surface area contributed by atoms with Crippen molar-refractivity contribution in [2.24, 2.45) is 5.92 Å². The van der Waals surface area contributed by atoms with Gasteiger partial charge in [-0.3, -0.25) is 4.79 Å². The van der Waals surface area contributed by atoms with Crippen molar-refractivity contribution in [1.82, 2.24) is 5.32 Å². The van der Waals surface area contributed by atoms with E-state index in [4.69, 9.17) is 4.74 Å². The van der Waals surface area contributed by atoms with Crippen LogP contribution in [0.4, 0.5) is 0 Å². The molecule has 0 saturated carbocycles. The van der Waals surface area contributed by atoms with Crippen LogP contribution in [0.1, 0.15) is 26.7 Å². The van der Waals surface area contributed by atoms with Crippen LogP contribution in [-0.4, -0.2) is 25.2 Å². The number of nitrogens with one attached hydrogen (secondary N) is 1. The molecule has 1 aliphatic rings. The maximum atomic E-state index is 11.2. The van der Waals surface area contributed by atoms with Crippen molar-refractivity contribution in [2.75, 3.05) is 13.2 Å². The van der Waals surface area contributed by atoms with Crippen LogP contribution in [0.5, 0.6) is 0 Å². The molecule has 0 bridgehead atoms. The van der Waals surface area contributed by atoms with Gasteiger partial charge in [-0.1, -0.05) is 13.3 Å². The van der Waals surface area contributed by atoms with Gasteiger partial charge in [-0.2, -0.15) is 0 Å². The number of rotatable bonds is 3. The summed E-state index contributed by atoms with van der Waals surface area (Å²) < 4.78 is 4.92. The molecular weight excluding hydrogens is 154 g/mol. The van der Waals surface area contributed by atoms with Crippen LogP contribution in [-0.2, 0) is 9.53 Å². The Hall–Kier alpha value is -0.570. The summed E-state index contributed by atoms with van der Waals surface area (Å²) in [6, 6.07) is -0.0464. The van der Waals surface area contributed by atoms with E-state index < -0.39 is 0 Å². The predicted octanol–water partition coefficient (Wildman–Crippen LogP) is 0.938. The van der Waals surface area contributed by atoms with Gasteiger partial charge in [-0.05, 0) is 25.8 Å². The second-order valence-electron chi connectivity index (χ2n) is 3.22. The Kier molecular flexibility index (Phi) is 3.53. The molecule has 1 heterocycles. The second kappa shape index (κ2) is 4.45. The van der Waals surface area contributed by atoms with Gasteiger partial charge in [0, 0.05) is 0 Å². The monoisotopic (exact) mass is 171 g/mol. The summed E-state index contributed by atoms with van der Waals surface area (Å²) in [5, 5.41) is 3.17. The molecule has 1 aliphatic heterocycles. The zero-order chi connectivity index (χ0) is 8.97. The van der Waals surface area contributed by atoms with Crippen LogP contribution in [0, 0.1) is 5.92 Å². The van der Waals surface area contributed by atoms with Crippen molar-refractivity contribution in [3.8, 4) is 0 Å². The van der Waals surface area contributed by atoms with Crippen molar-refractivity contribution in [2.45, 2.75) is 32.7 Å². The van der Waals surface area contributed by atoms with Crippen LogP contribution in [0.3, 0.4) is 0 Å². The van der Waals surface area contributed by atoms with E-state index in [-0.39, 0.29) is 12.0 Å². The molecule has 0 amide bonds. The van der Waals surface area contributed by atoms with E-state index in [0.717, 1.165) is 19.4 Å².